The summed E-state index contributed by atoms with van der Waals surface area (Å²) in [6.45, 7) is 9.15. The Labute approximate surface area is 171 Å². The zero-order valence-electron chi connectivity index (χ0n) is 17.3. The number of hydrogen-bond acceptors (Lipinski definition) is 3. The van der Waals surface area contributed by atoms with E-state index in [9.17, 15) is 10.1 Å². The number of hydrogen-bond donors (Lipinski definition) is 0. The predicted octanol–water partition coefficient (Wildman–Crippen LogP) is 5.32. The van der Waals surface area contributed by atoms with Gasteiger partial charge in [0, 0.05) is 43.7 Å². The molecular formula is C24H27N3O2. The van der Waals surface area contributed by atoms with E-state index in [-0.39, 0.29) is 16.7 Å². The number of aryl methyl sites for hydroxylation is 4. The first kappa shape index (κ1) is 19.4. The van der Waals surface area contributed by atoms with E-state index >= 15 is 0 Å². The summed E-state index contributed by atoms with van der Waals surface area (Å²) < 4.78 is 2.36. The van der Waals surface area contributed by atoms with Crippen LogP contribution in [0.5, 0.6) is 0 Å². The molecule has 5 nitrogen and oxygen atoms in total. The number of nitro groups is 1. The summed E-state index contributed by atoms with van der Waals surface area (Å²) in [4.78, 5) is 13.4. The van der Waals surface area contributed by atoms with Crippen molar-refractivity contribution in [2.45, 2.75) is 46.3 Å². The minimum atomic E-state index is -0.317. The van der Waals surface area contributed by atoms with Gasteiger partial charge >= 0.3 is 0 Å². The molecule has 5 heteroatoms. The maximum absolute atomic E-state index is 11.2. The van der Waals surface area contributed by atoms with E-state index in [1.807, 2.05) is 6.07 Å². The van der Waals surface area contributed by atoms with Gasteiger partial charge in [0.25, 0.3) is 5.69 Å². The predicted molar refractivity (Wildman–Crippen MR) is 115 cm³/mol. The second-order valence-corrected chi connectivity index (χ2v) is 8.09. The van der Waals surface area contributed by atoms with Crippen LogP contribution in [0.2, 0.25) is 0 Å². The lowest BCUT2D eigenvalue weighted by Crippen LogP contribution is -2.30. The van der Waals surface area contributed by atoms with Gasteiger partial charge in [-0.05, 0) is 61.6 Å². The summed E-state index contributed by atoms with van der Waals surface area (Å²) in [5.41, 5.74) is 7.65. The molecule has 0 N–H and O–H groups in total. The number of rotatable bonds is 4. The Balaban J connectivity index is 1.80. The number of nitrogens with zero attached hydrogens (tertiary/aromatic N) is 3. The Morgan fingerprint density at radius 1 is 1.03 bits per heavy atom. The molecule has 0 saturated heterocycles. The summed E-state index contributed by atoms with van der Waals surface area (Å²) in [5, 5.41) is 11.2. The molecule has 0 aliphatic carbocycles. The minimum Gasteiger partial charge on any atom is -0.350 e. The number of benzene rings is 2. The van der Waals surface area contributed by atoms with Gasteiger partial charge in [0.15, 0.2) is 0 Å². The van der Waals surface area contributed by atoms with Gasteiger partial charge in [-0.1, -0.05) is 29.8 Å². The summed E-state index contributed by atoms with van der Waals surface area (Å²) >= 11 is 0. The van der Waals surface area contributed by atoms with Crippen LogP contribution < -0.4 is 0 Å². The quantitative estimate of drug-likeness (QED) is 0.448. The van der Waals surface area contributed by atoms with Gasteiger partial charge in [0.05, 0.1) is 11.0 Å². The van der Waals surface area contributed by atoms with E-state index in [0.29, 0.717) is 6.54 Å². The highest BCUT2D eigenvalue weighted by atomic mass is 16.6. The standard InChI is InChI=1S/C24H27N3O2/c1-17-13-18(2)23(19(3)14-17)24-22-9-5-10-25(22)11-6-12-26(24)16-20-7-4-8-21(15-20)27(28)29/h4-5,7-10,13-15,24H,6,11-12,16H2,1-3H3. The third-order valence-corrected chi connectivity index (χ3v) is 5.87. The first-order valence-corrected chi connectivity index (χ1v) is 10.1. The van der Waals surface area contributed by atoms with Crippen LogP contribution in [0, 0.1) is 30.9 Å². The molecular weight excluding hydrogens is 362 g/mol. The average Bonchev–Trinajstić information content (AvgIpc) is 3.06. The third-order valence-electron chi connectivity index (χ3n) is 5.87. The fourth-order valence-electron chi connectivity index (χ4n) is 4.77. The normalized spacial score (nSPS) is 17.0. The van der Waals surface area contributed by atoms with Crippen molar-refractivity contribution in [1.82, 2.24) is 9.47 Å². The van der Waals surface area contributed by atoms with Crippen LogP contribution in [0.3, 0.4) is 0 Å². The van der Waals surface area contributed by atoms with Crippen LogP contribution in [0.25, 0.3) is 0 Å². The Morgan fingerprint density at radius 2 is 1.79 bits per heavy atom. The molecule has 2 heterocycles. The largest absolute Gasteiger partial charge is 0.350 e. The van der Waals surface area contributed by atoms with Crippen LogP contribution in [-0.2, 0) is 13.1 Å². The van der Waals surface area contributed by atoms with Crippen molar-refractivity contribution in [2.75, 3.05) is 6.54 Å². The molecule has 0 bridgehead atoms. The molecule has 0 radical (unpaired) electrons. The van der Waals surface area contributed by atoms with Gasteiger partial charge < -0.3 is 4.57 Å². The van der Waals surface area contributed by atoms with Gasteiger partial charge in [0.1, 0.15) is 0 Å². The lowest BCUT2D eigenvalue weighted by Gasteiger charge is -2.33. The fraction of sp³-hybridized carbons (Fsp3) is 0.333. The lowest BCUT2D eigenvalue weighted by atomic mass is 9.91. The van der Waals surface area contributed by atoms with E-state index in [0.717, 1.165) is 25.1 Å². The monoisotopic (exact) mass is 389 g/mol. The molecule has 0 spiro atoms. The zero-order valence-corrected chi connectivity index (χ0v) is 17.3. The Kier molecular flexibility index (Phi) is 5.24. The zero-order chi connectivity index (χ0) is 20.5. The molecule has 29 heavy (non-hydrogen) atoms. The van der Waals surface area contributed by atoms with Crippen molar-refractivity contribution >= 4 is 5.69 Å². The first-order chi connectivity index (χ1) is 13.9. The SMILES string of the molecule is Cc1cc(C)c(C2c3cccn3CCCN2Cc2cccc([N+](=O)[O-])c2)c(C)c1. The Morgan fingerprint density at radius 3 is 2.52 bits per heavy atom. The molecule has 4 rings (SSSR count). The minimum absolute atomic E-state index is 0.132. The van der Waals surface area contributed by atoms with Crippen molar-refractivity contribution in [1.29, 1.82) is 0 Å². The highest BCUT2D eigenvalue weighted by Crippen LogP contribution is 2.37. The van der Waals surface area contributed by atoms with Crippen molar-refractivity contribution < 1.29 is 4.92 Å². The number of non-ortho nitro benzene ring substituents is 1. The summed E-state index contributed by atoms with van der Waals surface area (Å²) in [7, 11) is 0. The number of fused-ring (bicyclic) bond motifs is 1. The van der Waals surface area contributed by atoms with Crippen LogP contribution in [-0.4, -0.2) is 20.9 Å². The molecule has 150 valence electrons. The van der Waals surface area contributed by atoms with E-state index in [1.54, 1.807) is 18.2 Å². The molecule has 1 aliphatic heterocycles. The maximum Gasteiger partial charge on any atom is 0.269 e. The van der Waals surface area contributed by atoms with Crippen LogP contribution >= 0.6 is 0 Å². The topological polar surface area (TPSA) is 51.3 Å². The van der Waals surface area contributed by atoms with Crippen LogP contribution in [0.15, 0.2) is 54.7 Å². The maximum atomic E-state index is 11.2. The second-order valence-electron chi connectivity index (χ2n) is 8.09. The lowest BCUT2D eigenvalue weighted by molar-refractivity contribution is -0.384. The summed E-state index contributed by atoms with van der Waals surface area (Å²) in [5.74, 6) is 0. The van der Waals surface area contributed by atoms with Crippen molar-refractivity contribution in [3.8, 4) is 0 Å². The molecule has 1 aromatic heterocycles. The molecule has 0 amide bonds. The number of nitro benzene ring substituents is 1. The molecule has 1 aliphatic rings. The molecule has 1 atom stereocenters. The molecule has 3 aromatic rings. The molecule has 0 fully saturated rings. The van der Waals surface area contributed by atoms with Gasteiger partial charge in [-0.3, -0.25) is 15.0 Å². The summed E-state index contributed by atoms with van der Waals surface area (Å²) in [6, 6.07) is 16.0. The van der Waals surface area contributed by atoms with Gasteiger partial charge in [0.2, 0.25) is 0 Å². The van der Waals surface area contributed by atoms with Crippen molar-refractivity contribution in [3.05, 3.63) is 98.4 Å². The van der Waals surface area contributed by atoms with Gasteiger partial charge in [-0.15, -0.1) is 0 Å². The number of aromatic nitrogens is 1. The van der Waals surface area contributed by atoms with E-state index in [1.165, 1.54) is 27.9 Å². The third kappa shape index (κ3) is 3.83. The highest BCUT2D eigenvalue weighted by Gasteiger charge is 2.30. The second kappa shape index (κ2) is 7.84. The summed E-state index contributed by atoms with van der Waals surface area (Å²) in [6.07, 6.45) is 3.22. The van der Waals surface area contributed by atoms with Crippen molar-refractivity contribution in [3.63, 3.8) is 0 Å². The Bertz CT molecular complexity index is 1030. The molecule has 0 saturated carbocycles. The van der Waals surface area contributed by atoms with E-state index < -0.39 is 0 Å². The Hall–Kier alpha value is -2.92. The van der Waals surface area contributed by atoms with Gasteiger partial charge in [-0.2, -0.15) is 0 Å². The van der Waals surface area contributed by atoms with E-state index in [2.05, 4.69) is 60.7 Å². The van der Waals surface area contributed by atoms with Crippen LogP contribution in [0.1, 0.15) is 46.0 Å². The molecule has 1 unspecified atom stereocenters. The van der Waals surface area contributed by atoms with Gasteiger partial charge in [-0.25, -0.2) is 0 Å². The fourth-order valence-corrected chi connectivity index (χ4v) is 4.77. The van der Waals surface area contributed by atoms with Crippen molar-refractivity contribution in [2.24, 2.45) is 0 Å². The van der Waals surface area contributed by atoms with Crippen LogP contribution in [0.4, 0.5) is 5.69 Å². The smallest absolute Gasteiger partial charge is 0.269 e. The highest BCUT2D eigenvalue weighted by molar-refractivity contribution is 5.44. The first-order valence-electron chi connectivity index (χ1n) is 10.1. The average molecular weight is 389 g/mol. The van der Waals surface area contributed by atoms with E-state index in [4.69, 9.17) is 0 Å². The molecule has 2 aromatic carbocycles.